The molecule has 0 saturated heterocycles. The first-order chi connectivity index (χ1) is 9.11. The van der Waals surface area contributed by atoms with Crippen molar-refractivity contribution in [3.63, 3.8) is 0 Å². The zero-order valence-corrected chi connectivity index (χ0v) is 12.0. The third-order valence-corrected chi connectivity index (χ3v) is 3.79. The van der Waals surface area contributed by atoms with Gasteiger partial charge in [0.25, 0.3) is 0 Å². The van der Waals surface area contributed by atoms with Crippen LogP contribution in [-0.2, 0) is 0 Å². The summed E-state index contributed by atoms with van der Waals surface area (Å²) in [4.78, 5) is 0. The maximum Gasteiger partial charge on any atom is 0.143 e. The number of benzene rings is 2. The van der Waals surface area contributed by atoms with Gasteiger partial charge in [-0.1, -0.05) is 29.8 Å². The Morgan fingerprint density at radius 2 is 2.00 bits per heavy atom. The predicted octanol–water partition coefficient (Wildman–Crippen LogP) is 4.92. The van der Waals surface area contributed by atoms with E-state index in [1.165, 1.54) is 6.07 Å². The SMILES string of the molecule is N#CC(Nc1ccc(Cl)c(Br)c1)c1ccccc1F. The van der Waals surface area contributed by atoms with Gasteiger partial charge in [-0.15, -0.1) is 0 Å². The highest BCUT2D eigenvalue weighted by atomic mass is 79.9. The van der Waals surface area contributed by atoms with Crippen molar-refractivity contribution in [2.24, 2.45) is 0 Å². The number of nitriles is 1. The topological polar surface area (TPSA) is 35.8 Å². The second-order valence-corrected chi connectivity index (χ2v) is 5.12. The van der Waals surface area contributed by atoms with Crippen LogP contribution in [0, 0.1) is 17.1 Å². The molecule has 0 saturated carbocycles. The van der Waals surface area contributed by atoms with Crippen LogP contribution in [0.2, 0.25) is 5.02 Å². The molecular formula is C14H9BrClFN2. The van der Waals surface area contributed by atoms with Gasteiger partial charge in [0.05, 0.1) is 11.1 Å². The number of nitrogens with zero attached hydrogens (tertiary/aromatic N) is 1. The Kier molecular flexibility index (Phi) is 4.41. The summed E-state index contributed by atoms with van der Waals surface area (Å²) in [5, 5.41) is 12.7. The quantitative estimate of drug-likeness (QED) is 0.861. The Hall–Kier alpha value is -1.57. The van der Waals surface area contributed by atoms with Crippen molar-refractivity contribution in [3.8, 4) is 6.07 Å². The van der Waals surface area contributed by atoms with Crippen LogP contribution < -0.4 is 5.32 Å². The molecule has 0 heterocycles. The van der Waals surface area contributed by atoms with Crippen LogP contribution in [-0.4, -0.2) is 0 Å². The number of anilines is 1. The van der Waals surface area contributed by atoms with Crippen molar-refractivity contribution in [2.75, 3.05) is 5.32 Å². The molecule has 5 heteroatoms. The van der Waals surface area contributed by atoms with Gasteiger partial charge in [0.15, 0.2) is 0 Å². The highest BCUT2D eigenvalue weighted by molar-refractivity contribution is 9.10. The van der Waals surface area contributed by atoms with Gasteiger partial charge in [0.2, 0.25) is 0 Å². The van der Waals surface area contributed by atoms with Crippen molar-refractivity contribution in [1.29, 1.82) is 5.26 Å². The zero-order valence-electron chi connectivity index (χ0n) is 9.70. The molecule has 0 radical (unpaired) electrons. The van der Waals surface area contributed by atoms with E-state index >= 15 is 0 Å². The number of hydrogen-bond donors (Lipinski definition) is 1. The minimum Gasteiger partial charge on any atom is -0.366 e. The molecule has 2 nitrogen and oxygen atoms in total. The van der Waals surface area contributed by atoms with E-state index in [0.29, 0.717) is 20.7 Å². The number of nitrogens with one attached hydrogen (secondary N) is 1. The summed E-state index contributed by atoms with van der Waals surface area (Å²) in [5.41, 5.74) is 1.00. The fourth-order valence-corrected chi connectivity index (χ4v) is 2.14. The van der Waals surface area contributed by atoms with Gasteiger partial charge in [-0.3, -0.25) is 0 Å². The van der Waals surface area contributed by atoms with Gasteiger partial charge in [-0.05, 0) is 40.2 Å². The molecule has 2 rings (SSSR count). The molecule has 2 aromatic carbocycles. The summed E-state index contributed by atoms with van der Waals surface area (Å²) in [6.07, 6.45) is 0. The zero-order chi connectivity index (χ0) is 13.8. The molecule has 0 bridgehead atoms. The molecule has 1 N–H and O–H groups in total. The van der Waals surface area contributed by atoms with E-state index in [1.54, 1.807) is 36.4 Å². The monoisotopic (exact) mass is 338 g/mol. The maximum atomic E-state index is 13.7. The molecule has 0 spiro atoms. The molecule has 0 aliphatic carbocycles. The molecular weight excluding hydrogens is 331 g/mol. The molecule has 0 aliphatic heterocycles. The van der Waals surface area contributed by atoms with Crippen molar-refractivity contribution < 1.29 is 4.39 Å². The van der Waals surface area contributed by atoms with Crippen molar-refractivity contribution in [3.05, 3.63) is 63.3 Å². The average molecular weight is 340 g/mol. The van der Waals surface area contributed by atoms with Gasteiger partial charge in [-0.25, -0.2) is 4.39 Å². The van der Waals surface area contributed by atoms with E-state index in [-0.39, 0.29) is 0 Å². The van der Waals surface area contributed by atoms with E-state index in [2.05, 4.69) is 21.2 Å². The molecule has 1 atom stereocenters. The van der Waals surface area contributed by atoms with E-state index in [9.17, 15) is 9.65 Å². The average Bonchev–Trinajstić information content (AvgIpc) is 2.41. The summed E-state index contributed by atoms with van der Waals surface area (Å²) in [6.45, 7) is 0. The smallest absolute Gasteiger partial charge is 0.143 e. The Bertz CT molecular complexity index is 640. The lowest BCUT2D eigenvalue weighted by atomic mass is 10.1. The second-order valence-electron chi connectivity index (χ2n) is 3.86. The number of halogens is 3. The van der Waals surface area contributed by atoms with Gasteiger partial charge in [0.1, 0.15) is 11.9 Å². The van der Waals surface area contributed by atoms with Crippen LogP contribution >= 0.6 is 27.5 Å². The van der Waals surface area contributed by atoms with Crippen LogP contribution in [0.1, 0.15) is 11.6 Å². The fraction of sp³-hybridized carbons (Fsp3) is 0.0714. The molecule has 19 heavy (non-hydrogen) atoms. The highest BCUT2D eigenvalue weighted by Gasteiger charge is 2.14. The summed E-state index contributed by atoms with van der Waals surface area (Å²) in [7, 11) is 0. The largest absolute Gasteiger partial charge is 0.366 e. The van der Waals surface area contributed by atoms with E-state index in [4.69, 9.17) is 11.6 Å². The Balaban J connectivity index is 2.27. The molecule has 0 aromatic heterocycles. The molecule has 2 aromatic rings. The molecule has 0 aliphatic rings. The van der Waals surface area contributed by atoms with Gasteiger partial charge in [0, 0.05) is 15.7 Å². The molecule has 96 valence electrons. The molecule has 1 unspecified atom stereocenters. The standard InChI is InChI=1S/C14H9BrClFN2/c15-11-7-9(5-6-12(11)16)19-14(8-18)10-3-1-2-4-13(10)17/h1-7,14,19H. The van der Waals surface area contributed by atoms with Gasteiger partial charge in [-0.2, -0.15) is 5.26 Å². The Morgan fingerprint density at radius 3 is 2.63 bits per heavy atom. The number of rotatable bonds is 3. The van der Waals surface area contributed by atoms with E-state index in [1.807, 2.05) is 6.07 Å². The van der Waals surface area contributed by atoms with E-state index in [0.717, 1.165) is 0 Å². The third kappa shape index (κ3) is 3.25. The summed E-state index contributed by atoms with van der Waals surface area (Å²) in [6, 6.07) is 12.7. The van der Waals surface area contributed by atoms with Crippen molar-refractivity contribution in [2.45, 2.75) is 6.04 Å². The maximum absolute atomic E-state index is 13.7. The third-order valence-electron chi connectivity index (χ3n) is 2.58. The molecule has 0 fully saturated rings. The van der Waals surface area contributed by atoms with Crippen LogP contribution in [0.4, 0.5) is 10.1 Å². The van der Waals surface area contributed by atoms with Crippen LogP contribution in [0.15, 0.2) is 46.9 Å². The first kappa shape index (κ1) is 13.9. The summed E-state index contributed by atoms with van der Waals surface area (Å²) >= 11 is 9.19. The second kappa shape index (κ2) is 6.05. The lowest BCUT2D eigenvalue weighted by Crippen LogP contribution is -2.10. The molecule has 0 amide bonds. The van der Waals surface area contributed by atoms with Crippen LogP contribution in [0.5, 0.6) is 0 Å². The highest BCUT2D eigenvalue weighted by Crippen LogP contribution is 2.28. The predicted molar refractivity (Wildman–Crippen MR) is 77.5 cm³/mol. The number of hydrogen-bond acceptors (Lipinski definition) is 2. The first-order valence-electron chi connectivity index (χ1n) is 5.47. The lowest BCUT2D eigenvalue weighted by Gasteiger charge is -2.14. The summed E-state index contributed by atoms with van der Waals surface area (Å²) < 4.78 is 14.4. The van der Waals surface area contributed by atoms with Crippen LogP contribution in [0.25, 0.3) is 0 Å². The minimum absolute atomic E-state index is 0.316. The van der Waals surface area contributed by atoms with Gasteiger partial charge >= 0.3 is 0 Å². The van der Waals surface area contributed by atoms with Crippen molar-refractivity contribution >= 4 is 33.2 Å². The first-order valence-corrected chi connectivity index (χ1v) is 6.64. The Labute approximate surface area is 123 Å². The Morgan fingerprint density at radius 1 is 1.26 bits per heavy atom. The van der Waals surface area contributed by atoms with Gasteiger partial charge < -0.3 is 5.32 Å². The fourth-order valence-electron chi connectivity index (χ4n) is 1.64. The van der Waals surface area contributed by atoms with Crippen molar-refractivity contribution in [1.82, 2.24) is 0 Å². The lowest BCUT2D eigenvalue weighted by molar-refractivity contribution is 0.607. The van der Waals surface area contributed by atoms with Crippen LogP contribution in [0.3, 0.4) is 0 Å². The minimum atomic E-state index is -0.755. The van der Waals surface area contributed by atoms with E-state index < -0.39 is 11.9 Å². The normalized spacial score (nSPS) is 11.7. The summed E-state index contributed by atoms with van der Waals surface area (Å²) in [5.74, 6) is -0.408.